The summed E-state index contributed by atoms with van der Waals surface area (Å²) in [6.07, 6.45) is 1.65. The van der Waals surface area contributed by atoms with Crippen LogP contribution in [0, 0.1) is 0 Å². The van der Waals surface area contributed by atoms with Crippen LogP contribution in [-0.2, 0) is 9.53 Å². The van der Waals surface area contributed by atoms with Crippen molar-refractivity contribution in [3.05, 3.63) is 18.3 Å². The predicted molar refractivity (Wildman–Crippen MR) is 76.6 cm³/mol. The fourth-order valence-electron chi connectivity index (χ4n) is 1.98. The van der Waals surface area contributed by atoms with Gasteiger partial charge in [-0.25, -0.2) is 4.98 Å². The largest absolute Gasteiger partial charge is 0.397 e. The van der Waals surface area contributed by atoms with E-state index in [1.165, 1.54) is 7.11 Å². The molecule has 0 aliphatic carbocycles. The number of carbonyl (C=O) groups excluding carboxylic acids is 1. The minimum atomic E-state index is 0. The second-order valence-corrected chi connectivity index (χ2v) is 4.25. The molecule has 7 heteroatoms. The number of pyridine rings is 1. The Bertz CT molecular complexity index is 405. The van der Waals surface area contributed by atoms with Gasteiger partial charge in [0.05, 0.1) is 11.9 Å². The summed E-state index contributed by atoms with van der Waals surface area (Å²) in [7, 11) is 1.53. The van der Waals surface area contributed by atoms with Crippen molar-refractivity contribution in [1.29, 1.82) is 0 Å². The first-order valence-electron chi connectivity index (χ1n) is 5.94. The first-order valence-corrected chi connectivity index (χ1v) is 5.94. The van der Waals surface area contributed by atoms with E-state index in [0.29, 0.717) is 18.8 Å². The zero-order chi connectivity index (χ0) is 13.0. The van der Waals surface area contributed by atoms with Gasteiger partial charge in [-0.1, -0.05) is 0 Å². The number of carbonyl (C=O) groups is 1. The maximum absolute atomic E-state index is 11.6. The SMILES string of the molecule is COCC(=O)N1CCN(c2ccc(N)cn2)CC1.Cl. The van der Waals surface area contributed by atoms with Gasteiger partial charge in [0.2, 0.25) is 5.91 Å². The molecule has 1 aromatic heterocycles. The fourth-order valence-corrected chi connectivity index (χ4v) is 1.98. The number of piperazine rings is 1. The van der Waals surface area contributed by atoms with Gasteiger partial charge in [-0.05, 0) is 12.1 Å². The van der Waals surface area contributed by atoms with Crippen molar-refractivity contribution in [3.63, 3.8) is 0 Å². The van der Waals surface area contributed by atoms with Gasteiger partial charge in [0.25, 0.3) is 0 Å². The molecule has 0 radical (unpaired) electrons. The van der Waals surface area contributed by atoms with E-state index >= 15 is 0 Å². The first kappa shape index (κ1) is 15.5. The number of ether oxygens (including phenoxy) is 1. The second-order valence-electron chi connectivity index (χ2n) is 4.25. The normalized spacial score (nSPS) is 15.0. The summed E-state index contributed by atoms with van der Waals surface area (Å²) in [5.41, 5.74) is 6.26. The van der Waals surface area contributed by atoms with Gasteiger partial charge in [-0.2, -0.15) is 0 Å². The number of hydrogen-bond donors (Lipinski definition) is 1. The summed E-state index contributed by atoms with van der Waals surface area (Å²) in [5.74, 6) is 0.949. The summed E-state index contributed by atoms with van der Waals surface area (Å²) in [6.45, 7) is 3.13. The van der Waals surface area contributed by atoms with Gasteiger partial charge in [-0.15, -0.1) is 12.4 Å². The van der Waals surface area contributed by atoms with Crippen molar-refractivity contribution in [3.8, 4) is 0 Å². The molecule has 1 aromatic rings. The number of halogens is 1. The maximum Gasteiger partial charge on any atom is 0.248 e. The standard InChI is InChI=1S/C12H18N4O2.ClH/c1-18-9-12(17)16-6-4-15(5-7-16)11-3-2-10(13)8-14-11;/h2-3,8H,4-7,9,13H2,1H3;1H. The molecule has 19 heavy (non-hydrogen) atoms. The minimum Gasteiger partial charge on any atom is -0.397 e. The highest BCUT2D eigenvalue weighted by molar-refractivity contribution is 5.85. The quantitative estimate of drug-likeness (QED) is 0.870. The molecular formula is C12H19ClN4O2. The van der Waals surface area contributed by atoms with Crippen LogP contribution in [0.1, 0.15) is 0 Å². The van der Waals surface area contributed by atoms with Gasteiger partial charge < -0.3 is 20.3 Å². The van der Waals surface area contributed by atoms with Crippen LogP contribution in [0.5, 0.6) is 0 Å². The van der Waals surface area contributed by atoms with Crippen molar-refractivity contribution in [2.75, 3.05) is 50.5 Å². The molecular weight excluding hydrogens is 268 g/mol. The van der Waals surface area contributed by atoms with Crippen molar-refractivity contribution < 1.29 is 9.53 Å². The van der Waals surface area contributed by atoms with Crippen LogP contribution in [0.25, 0.3) is 0 Å². The molecule has 1 amide bonds. The van der Waals surface area contributed by atoms with E-state index in [2.05, 4.69) is 9.88 Å². The van der Waals surface area contributed by atoms with E-state index in [1.807, 2.05) is 17.0 Å². The average molecular weight is 287 g/mol. The monoisotopic (exact) mass is 286 g/mol. The van der Waals surface area contributed by atoms with E-state index < -0.39 is 0 Å². The molecule has 2 heterocycles. The Labute approximate surface area is 118 Å². The Hall–Kier alpha value is -1.53. The van der Waals surface area contributed by atoms with Crippen LogP contribution in [0.2, 0.25) is 0 Å². The molecule has 1 aliphatic heterocycles. The average Bonchev–Trinajstić information content (AvgIpc) is 2.40. The second kappa shape index (κ2) is 7.16. The number of rotatable bonds is 3. The molecule has 0 bridgehead atoms. The van der Waals surface area contributed by atoms with E-state index in [9.17, 15) is 4.79 Å². The highest BCUT2D eigenvalue weighted by Crippen LogP contribution is 2.14. The first-order chi connectivity index (χ1) is 8.70. The van der Waals surface area contributed by atoms with Gasteiger partial charge >= 0.3 is 0 Å². The molecule has 6 nitrogen and oxygen atoms in total. The third kappa shape index (κ3) is 3.97. The lowest BCUT2D eigenvalue weighted by Gasteiger charge is -2.35. The summed E-state index contributed by atoms with van der Waals surface area (Å²) < 4.78 is 4.85. The molecule has 1 aliphatic rings. The molecule has 0 atom stereocenters. The van der Waals surface area contributed by atoms with Crippen molar-refractivity contribution >= 4 is 29.8 Å². The highest BCUT2D eigenvalue weighted by Gasteiger charge is 2.21. The lowest BCUT2D eigenvalue weighted by molar-refractivity contribution is -0.135. The number of anilines is 2. The fraction of sp³-hybridized carbons (Fsp3) is 0.500. The molecule has 0 unspecified atom stereocenters. The molecule has 106 valence electrons. The Balaban J connectivity index is 0.00000180. The summed E-state index contributed by atoms with van der Waals surface area (Å²) in [5, 5.41) is 0. The molecule has 0 spiro atoms. The highest BCUT2D eigenvalue weighted by atomic mass is 35.5. The predicted octanol–water partition coefficient (Wildman–Crippen LogP) is 0.381. The van der Waals surface area contributed by atoms with Crippen molar-refractivity contribution in [2.24, 2.45) is 0 Å². The maximum atomic E-state index is 11.6. The number of methoxy groups -OCH3 is 1. The van der Waals surface area contributed by atoms with Crippen LogP contribution >= 0.6 is 12.4 Å². The van der Waals surface area contributed by atoms with Crippen LogP contribution in [-0.4, -0.2) is 55.7 Å². The summed E-state index contributed by atoms with van der Waals surface area (Å²) >= 11 is 0. The lowest BCUT2D eigenvalue weighted by atomic mass is 10.3. The van der Waals surface area contributed by atoms with E-state index in [0.717, 1.165) is 18.9 Å². The van der Waals surface area contributed by atoms with Crippen LogP contribution in [0.4, 0.5) is 11.5 Å². The molecule has 0 aromatic carbocycles. The third-order valence-corrected chi connectivity index (χ3v) is 2.99. The molecule has 1 saturated heterocycles. The van der Waals surface area contributed by atoms with E-state index in [1.54, 1.807) is 6.20 Å². The zero-order valence-electron chi connectivity index (χ0n) is 10.9. The number of hydrogen-bond acceptors (Lipinski definition) is 5. The van der Waals surface area contributed by atoms with Gasteiger partial charge in [-0.3, -0.25) is 4.79 Å². The van der Waals surface area contributed by atoms with Crippen LogP contribution < -0.4 is 10.6 Å². The van der Waals surface area contributed by atoms with Crippen molar-refractivity contribution in [2.45, 2.75) is 0 Å². The van der Waals surface area contributed by atoms with Crippen LogP contribution in [0.15, 0.2) is 18.3 Å². The number of aromatic nitrogens is 1. The van der Waals surface area contributed by atoms with Crippen LogP contribution in [0.3, 0.4) is 0 Å². The zero-order valence-corrected chi connectivity index (χ0v) is 11.7. The topological polar surface area (TPSA) is 71.7 Å². The molecule has 1 fully saturated rings. The Morgan fingerprint density at radius 1 is 1.37 bits per heavy atom. The van der Waals surface area contributed by atoms with Gasteiger partial charge in [0.15, 0.2) is 0 Å². The lowest BCUT2D eigenvalue weighted by Crippen LogP contribution is -2.49. The van der Waals surface area contributed by atoms with E-state index in [-0.39, 0.29) is 24.9 Å². The number of amides is 1. The number of nitrogen functional groups attached to an aromatic ring is 1. The smallest absolute Gasteiger partial charge is 0.248 e. The molecule has 2 rings (SSSR count). The molecule has 2 N–H and O–H groups in total. The number of nitrogens with two attached hydrogens (primary N) is 1. The van der Waals surface area contributed by atoms with E-state index in [4.69, 9.17) is 10.5 Å². The summed E-state index contributed by atoms with van der Waals surface area (Å²) in [6, 6.07) is 3.74. The minimum absolute atomic E-state index is 0. The van der Waals surface area contributed by atoms with Gasteiger partial charge in [0.1, 0.15) is 12.4 Å². The van der Waals surface area contributed by atoms with Gasteiger partial charge in [0, 0.05) is 33.3 Å². The Morgan fingerprint density at radius 3 is 2.58 bits per heavy atom. The molecule has 0 saturated carbocycles. The van der Waals surface area contributed by atoms with Crippen molar-refractivity contribution in [1.82, 2.24) is 9.88 Å². The number of nitrogens with zero attached hydrogens (tertiary/aromatic N) is 3. The summed E-state index contributed by atoms with van der Waals surface area (Å²) in [4.78, 5) is 19.9. The Morgan fingerprint density at radius 2 is 2.05 bits per heavy atom. The third-order valence-electron chi connectivity index (χ3n) is 2.99. The Kier molecular flexibility index (Phi) is 5.85.